The number of nitrogens with one attached hydrogen (secondary N) is 1. The molecule has 28 heavy (non-hydrogen) atoms. The van der Waals surface area contributed by atoms with Crippen molar-refractivity contribution in [3.63, 3.8) is 0 Å². The van der Waals surface area contributed by atoms with Gasteiger partial charge in [-0.2, -0.15) is 0 Å². The molecule has 4 heterocycles. The Hall–Kier alpha value is -1.55. The van der Waals surface area contributed by atoms with Crippen LogP contribution in [0.5, 0.6) is 0 Å². The van der Waals surface area contributed by atoms with Gasteiger partial charge in [-0.05, 0) is 42.0 Å². The van der Waals surface area contributed by atoms with Crippen LogP contribution in [-0.4, -0.2) is 62.2 Å². The van der Waals surface area contributed by atoms with E-state index in [-0.39, 0.29) is 24.0 Å². The normalized spacial score (nSPS) is 17.6. The highest BCUT2D eigenvalue weighted by Gasteiger charge is 2.20. The van der Waals surface area contributed by atoms with Crippen LogP contribution in [0, 0.1) is 0 Å². The minimum absolute atomic E-state index is 0. The molecule has 0 aromatic carbocycles. The van der Waals surface area contributed by atoms with E-state index >= 15 is 0 Å². The van der Waals surface area contributed by atoms with Crippen molar-refractivity contribution in [1.29, 1.82) is 0 Å². The van der Waals surface area contributed by atoms with E-state index in [1.807, 2.05) is 24.6 Å². The van der Waals surface area contributed by atoms with Gasteiger partial charge >= 0.3 is 0 Å². The third-order valence-corrected chi connectivity index (χ3v) is 6.23. The number of rotatable bonds is 4. The first-order valence-electron chi connectivity index (χ1n) is 9.77. The molecule has 1 N–H and O–H groups in total. The molecule has 0 atom stereocenters. The lowest BCUT2D eigenvalue weighted by Crippen LogP contribution is -2.52. The van der Waals surface area contributed by atoms with Gasteiger partial charge in [-0.3, -0.25) is 4.99 Å². The molecule has 152 valence electrons. The van der Waals surface area contributed by atoms with Gasteiger partial charge in [-0.1, -0.05) is 6.07 Å². The number of hydrogen-bond acceptors (Lipinski definition) is 5. The van der Waals surface area contributed by atoms with Gasteiger partial charge in [0.05, 0.1) is 5.00 Å². The summed E-state index contributed by atoms with van der Waals surface area (Å²) in [7, 11) is 1.86. The second kappa shape index (κ2) is 10.3. The van der Waals surface area contributed by atoms with Crippen LogP contribution in [0.15, 0.2) is 40.8 Å². The van der Waals surface area contributed by atoms with E-state index in [1.165, 1.54) is 23.4 Å². The summed E-state index contributed by atoms with van der Waals surface area (Å²) < 4.78 is 0. The highest BCUT2D eigenvalue weighted by atomic mass is 127. The zero-order valence-electron chi connectivity index (χ0n) is 16.4. The molecule has 6 nitrogen and oxygen atoms in total. The van der Waals surface area contributed by atoms with E-state index in [2.05, 4.69) is 59.6 Å². The van der Waals surface area contributed by atoms with Crippen LogP contribution in [0.1, 0.15) is 18.4 Å². The SMILES string of the molecule is CN=C(NCc1ccc(N2CCCC2)nc1)N1CCN(c2cccs2)CC1.I. The van der Waals surface area contributed by atoms with Gasteiger partial charge in [0.2, 0.25) is 0 Å². The second-order valence-corrected chi connectivity index (χ2v) is 7.97. The van der Waals surface area contributed by atoms with Crippen molar-refractivity contribution in [2.45, 2.75) is 19.4 Å². The molecule has 2 saturated heterocycles. The Balaban J connectivity index is 0.00000225. The fourth-order valence-corrected chi connectivity index (χ4v) is 4.54. The Morgan fingerprint density at radius 3 is 2.46 bits per heavy atom. The van der Waals surface area contributed by atoms with E-state index in [4.69, 9.17) is 0 Å². The second-order valence-electron chi connectivity index (χ2n) is 7.04. The quantitative estimate of drug-likeness (QED) is 0.387. The summed E-state index contributed by atoms with van der Waals surface area (Å²) in [6.45, 7) is 7.07. The lowest BCUT2D eigenvalue weighted by Gasteiger charge is -2.37. The van der Waals surface area contributed by atoms with Crippen molar-refractivity contribution in [2.75, 3.05) is 56.1 Å². The van der Waals surface area contributed by atoms with Gasteiger partial charge in [0, 0.05) is 59.1 Å². The molecule has 0 amide bonds. The van der Waals surface area contributed by atoms with Crippen LogP contribution in [-0.2, 0) is 6.54 Å². The molecule has 2 fully saturated rings. The highest BCUT2D eigenvalue weighted by Crippen LogP contribution is 2.22. The molecule has 4 rings (SSSR count). The van der Waals surface area contributed by atoms with Gasteiger partial charge < -0.3 is 20.0 Å². The number of aromatic nitrogens is 1. The lowest BCUT2D eigenvalue weighted by molar-refractivity contribution is 0.373. The van der Waals surface area contributed by atoms with Crippen LogP contribution >= 0.6 is 35.3 Å². The number of anilines is 2. The maximum atomic E-state index is 4.64. The summed E-state index contributed by atoms with van der Waals surface area (Å²) in [6, 6.07) is 8.64. The van der Waals surface area contributed by atoms with Crippen LogP contribution in [0.25, 0.3) is 0 Å². The van der Waals surface area contributed by atoms with E-state index in [9.17, 15) is 0 Å². The lowest BCUT2D eigenvalue weighted by atomic mass is 10.2. The van der Waals surface area contributed by atoms with Crippen LogP contribution in [0.2, 0.25) is 0 Å². The fourth-order valence-electron chi connectivity index (χ4n) is 3.76. The molecule has 0 aliphatic carbocycles. The van der Waals surface area contributed by atoms with Crippen molar-refractivity contribution < 1.29 is 0 Å². The minimum Gasteiger partial charge on any atom is -0.360 e. The van der Waals surface area contributed by atoms with Gasteiger partial charge in [0.15, 0.2) is 5.96 Å². The van der Waals surface area contributed by atoms with E-state index < -0.39 is 0 Å². The van der Waals surface area contributed by atoms with Crippen molar-refractivity contribution in [3.8, 4) is 0 Å². The molecule has 0 unspecified atom stereocenters. The highest BCUT2D eigenvalue weighted by molar-refractivity contribution is 14.0. The average Bonchev–Trinajstić information content (AvgIpc) is 3.44. The van der Waals surface area contributed by atoms with Crippen LogP contribution < -0.4 is 15.1 Å². The van der Waals surface area contributed by atoms with Crippen LogP contribution in [0.4, 0.5) is 10.8 Å². The Morgan fingerprint density at radius 1 is 1.07 bits per heavy atom. The number of nitrogens with zero attached hydrogens (tertiary/aromatic N) is 5. The first kappa shape index (κ1) is 21.2. The van der Waals surface area contributed by atoms with E-state index in [0.29, 0.717) is 0 Å². The number of hydrogen-bond donors (Lipinski definition) is 1. The minimum atomic E-state index is 0. The first-order chi connectivity index (χ1) is 13.3. The Bertz CT molecular complexity index is 735. The molecule has 8 heteroatoms. The Morgan fingerprint density at radius 2 is 1.86 bits per heavy atom. The van der Waals surface area contributed by atoms with Gasteiger partial charge in [0.1, 0.15) is 5.82 Å². The molecular weight excluding hydrogens is 483 g/mol. The number of guanidine groups is 1. The summed E-state index contributed by atoms with van der Waals surface area (Å²) in [4.78, 5) is 16.3. The number of halogens is 1. The third-order valence-electron chi connectivity index (χ3n) is 5.30. The van der Waals surface area contributed by atoms with E-state index in [1.54, 1.807) is 0 Å². The van der Waals surface area contributed by atoms with Crippen molar-refractivity contribution in [2.24, 2.45) is 4.99 Å². The number of piperazine rings is 1. The van der Waals surface area contributed by atoms with Gasteiger partial charge in [0.25, 0.3) is 0 Å². The maximum absolute atomic E-state index is 4.64. The summed E-state index contributed by atoms with van der Waals surface area (Å²) in [5.41, 5.74) is 1.19. The molecule has 2 aliphatic rings. The smallest absolute Gasteiger partial charge is 0.194 e. The maximum Gasteiger partial charge on any atom is 0.194 e. The monoisotopic (exact) mass is 512 g/mol. The number of thiophene rings is 1. The predicted octanol–water partition coefficient (Wildman–Crippen LogP) is 3.26. The zero-order valence-corrected chi connectivity index (χ0v) is 19.5. The van der Waals surface area contributed by atoms with Crippen LogP contribution in [0.3, 0.4) is 0 Å². The summed E-state index contributed by atoms with van der Waals surface area (Å²) in [6.07, 6.45) is 4.55. The zero-order chi connectivity index (χ0) is 18.5. The molecule has 0 spiro atoms. The number of pyridine rings is 1. The molecule has 2 aliphatic heterocycles. The summed E-state index contributed by atoms with van der Waals surface area (Å²) in [5, 5.41) is 7.01. The van der Waals surface area contributed by atoms with Crippen molar-refractivity contribution >= 4 is 52.1 Å². The molecular formula is C20H29IN6S. The topological polar surface area (TPSA) is 47.0 Å². The summed E-state index contributed by atoms with van der Waals surface area (Å²) in [5.74, 6) is 2.08. The molecule has 2 aromatic rings. The largest absolute Gasteiger partial charge is 0.360 e. The van der Waals surface area contributed by atoms with E-state index in [0.717, 1.165) is 57.6 Å². The fraction of sp³-hybridized carbons (Fsp3) is 0.500. The average molecular weight is 512 g/mol. The van der Waals surface area contributed by atoms with Crippen molar-refractivity contribution in [1.82, 2.24) is 15.2 Å². The molecule has 2 aromatic heterocycles. The van der Waals surface area contributed by atoms with Gasteiger partial charge in [-0.15, -0.1) is 35.3 Å². The first-order valence-corrected chi connectivity index (χ1v) is 10.7. The third kappa shape index (κ3) is 5.08. The number of aliphatic imine (C=N–C) groups is 1. The van der Waals surface area contributed by atoms with Gasteiger partial charge in [-0.25, -0.2) is 4.98 Å². The summed E-state index contributed by atoms with van der Waals surface area (Å²) >= 11 is 1.81. The Kier molecular flexibility index (Phi) is 7.78. The van der Waals surface area contributed by atoms with Crippen molar-refractivity contribution in [3.05, 3.63) is 41.4 Å². The molecule has 0 bridgehead atoms. The predicted molar refractivity (Wildman–Crippen MR) is 129 cm³/mol. The molecule has 0 saturated carbocycles. The Labute approximate surface area is 188 Å². The molecule has 0 radical (unpaired) electrons. The standard InChI is InChI=1S/C20H28N6S.HI/c1-21-20(26-12-10-25(11-13-26)19-5-4-14-27-19)23-16-17-6-7-18(22-15-17)24-8-2-3-9-24;/h4-7,14-15H,2-3,8-13,16H2,1H3,(H,21,23);1H.